The highest BCUT2D eigenvalue weighted by molar-refractivity contribution is 7.16. The van der Waals surface area contributed by atoms with Crippen LogP contribution in [0.1, 0.15) is 29.1 Å². The van der Waals surface area contributed by atoms with Crippen LogP contribution in [-0.4, -0.2) is 21.9 Å². The molecule has 2 rings (SSSR count). The number of nitrogens with zero attached hydrogens (tertiary/aromatic N) is 2. The van der Waals surface area contributed by atoms with Crippen LogP contribution in [0.15, 0.2) is 24.5 Å². The molecule has 5 nitrogen and oxygen atoms in total. The quantitative estimate of drug-likeness (QED) is 0.891. The highest BCUT2D eigenvalue weighted by atomic mass is 35.5. The Morgan fingerprint density at radius 3 is 2.60 bits per heavy atom. The minimum atomic E-state index is -0.203. The topological polar surface area (TPSA) is 66.9 Å². The number of thiophene rings is 1. The van der Waals surface area contributed by atoms with Gasteiger partial charge in [0.2, 0.25) is 5.95 Å². The van der Waals surface area contributed by atoms with Crippen molar-refractivity contribution in [2.24, 2.45) is 0 Å². The lowest BCUT2D eigenvalue weighted by Gasteiger charge is -2.08. The van der Waals surface area contributed by atoms with Gasteiger partial charge in [-0.05, 0) is 26.0 Å². The number of rotatable bonds is 5. The Bertz CT molecular complexity index is 582. The summed E-state index contributed by atoms with van der Waals surface area (Å²) in [6.45, 7) is 4.44. The van der Waals surface area contributed by atoms with E-state index in [-0.39, 0.29) is 11.9 Å². The van der Waals surface area contributed by atoms with Crippen LogP contribution in [-0.2, 0) is 6.54 Å². The smallest absolute Gasteiger partial charge is 0.254 e. The minimum absolute atomic E-state index is 0.203. The van der Waals surface area contributed by atoms with Gasteiger partial charge in [-0.15, -0.1) is 11.3 Å². The zero-order valence-corrected chi connectivity index (χ0v) is 12.8. The molecule has 0 saturated carbocycles. The van der Waals surface area contributed by atoms with Gasteiger partial charge in [0.1, 0.15) is 0 Å². The van der Waals surface area contributed by atoms with Crippen molar-refractivity contribution in [3.05, 3.63) is 39.3 Å². The van der Waals surface area contributed by atoms with Crippen LogP contribution in [0.2, 0.25) is 4.34 Å². The van der Waals surface area contributed by atoms with Gasteiger partial charge in [0.25, 0.3) is 5.91 Å². The Hall–Kier alpha value is -1.66. The summed E-state index contributed by atoms with van der Waals surface area (Å²) in [7, 11) is 0. The zero-order valence-electron chi connectivity index (χ0n) is 11.2. The van der Waals surface area contributed by atoms with E-state index >= 15 is 0 Å². The summed E-state index contributed by atoms with van der Waals surface area (Å²) < 4.78 is 0.710. The molecular formula is C13H15ClN4OS. The molecule has 7 heteroatoms. The van der Waals surface area contributed by atoms with Crippen LogP contribution >= 0.6 is 22.9 Å². The van der Waals surface area contributed by atoms with E-state index in [2.05, 4.69) is 20.6 Å². The molecular weight excluding hydrogens is 296 g/mol. The Morgan fingerprint density at radius 1 is 1.35 bits per heavy atom. The summed E-state index contributed by atoms with van der Waals surface area (Å²) in [5.74, 6) is 0.312. The van der Waals surface area contributed by atoms with Crippen molar-refractivity contribution in [2.45, 2.75) is 26.4 Å². The van der Waals surface area contributed by atoms with Crippen LogP contribution in [0.5, 0.6) is 0 Å². The molecule has 1 amide bonds. The number of carbonyl (C=O) groups excluding carboxylic acids is 1. The maximum absolute atomic E-state index is 11.9. The first-order valence-corrected chi connectivity index (χ1v) is 7.35. The first-order valence-electron chi connectivity index (χ1n) is 6.15. The van der Waals surface area contributed by atoms with E-state index in [1.54, 1.807) is 0 Å². The molecule has 0 fully saturated rings. The molecule has 0 aliphatic carbocycles. The molecule has 0 aliphatic rings. The minimum Gasteiger partial charge on any atom is -0.352 e. The lowest BCUT2D eigenvalue weighted by Crippen LogP contribution is -2.23. The third-order valence-corrected chi connectivity index (χ3v) is 3.61. The van der Waals surface area contributed by atoms with E-state index < -0.39 is 0 Å². The van der Waals surface area contributed by atoms with Crippen LogP contribution in [0.25, 0.3) is 0 Å². The van der Waals surface area contributed by atoms with E-state index in [0.29, 0.717) is 22.4 Å². The number of amides is 1. The lowest BCUT2D eigenvalue weighted by molar-refractivity contribution is 0.0950. The van der Waals surface area contributed by atoms with Crippen molar-refractivity contribution in [1.82, 2.24) is 15.3 Å². The van der Waals surface area contributed by atoms with E-state index in [0.717, 1.165) is 4.88 Å². The molecule has 0 unspecified atom stereocenters. The van der Waals surface area contributed by atoms with Gasteiger partial charge in [-0.2, -0.15) is 0 Å². The third kappa shape index (κ3) is 4.18. The van der Waals surface area contributed by atoms with Crippen LogP contribution in [0.4, 0.5) is 5.95 Å². The van der Waals surface area contributed by atoms with Gasteiger partial charge in [-0.25, -0.2) is 9.97 Å². The number of hydrogen-bond acceptors (Lipinski definition) is 5. The second-order valence-corrected chi connectivity index (χ2v) is 6.28. The van der Waals surface area contributed by atoms with Crippen molar-refractivity contribution < 1.29 is 4.79 Å². The number of carbonyl (C=O) groups is 1. The lowest BCUT2D eigenvalue weighted by atomic mass is 10.3. The highest BCUT2D eigenvalue weighted by Crippen LogP contribution is 2.21. The molecule has 106 valence electrons. The Labute approximate surface area is 126 Å². The van der Waals surface area contributed by atoms with E-state index in [4.69, 9.17) is 11.6 Å². The van der Waals surface area contributed by atoms with Crippen molar-refractivity contribution >= 4 is 34.8 Å². The molecule has 0 atom stereocenters. The first-order chi connectivity index (χ1) is 9.54. The molecule has 0 spiro atoms. The third-order valence-electron chi connectivity index (χ3n) is 2.38. The molecule has 0 aromatic carbocycles. The van der Waals surface area contributed by atoms with Crippen LogP contribution < -0.4 is 10.6 Å². The highest BCUT2D eigenvalue weighted by Gasteiger charge is 2.08. The van der Waals surface area contributed by atoms with E-state index in [9.17, 15) is 4.79 Å². The fourth-order valence-electron chi connectivity index (χ4n) is 1.49. The van der Waals surface area contributed by atoms with Crippen molar-refractivity contribution in [3.63, 3.8) is 0 Å². The Kier molecular flexibility index (Phi) is 4.92. The van der Waals surface area contributed by atoms with E-state index in [1.165, 1.54) is 23.7 Å². The van der Waals surface area contributed by atoms with Crippen LogP contribution in [0, 0.1) is 0 Å². The second-order valence-electron chi connectivity index (χ2n) is 4.48. The van der Waals surface area contributed by atoms with Gasteiger partial charge >= 0.3 is 0 Å². The van der Waals surface area contributed by atoms with Gasteiger partial charge in [0.15, 0.2) is 0 Å². The predicted octanol–water partition coefficient (Wildman–Crippen LogP) is 2.94. The Morgan fingerprint density at radius 2 is 2.05 bits per heavy atom. The van der Waals surface area contributed by atoms with Gasteiger partial charge < -0.3 is 10.6 Å². The maximum Gasteiger partial charge on any atom is 0.254 e. The largest absolute Gasteiger partial charge is 0.352 e. The van der Waals surface area contributed by atoms with Crippen molar-refractivity contribution in [2.75, 3.05) is 5.32 Å². The van der Waals surface area contributed by atoms with Crippen molar-refractivity contribution in [3.8, 4) is 0 Å². The number of halogens is 1. The van der Waals surface area contributed by atoms with Crippen LogP contribution in [0.3, 0.4) is 0 Å². The zero-order chi connectivity index (χ0) is 14.5. The average molecular weight is 311 g/mol. The molecule has 2 aromatic heterocycles. The summed E-state index contributed by atoms with van der Waals surface area (Å²) in [5.41, 5.74) is 0.432. The average Bonchev–Trinajstić information content (AvgIpc) is 2.82. The van der Waals surface area contributed by atoms with Gasteiger partial charge in [-0.1, -0.05) is 11.6 Å². The monoisotopic (exact) mass is 310 g/mol. The molecule has 2 heterocycles. The molecule has 0 aliphatic heterocycles. The summed E-state index contributed by atoms with van der Waals surface area (Å²) in [6, 6.07) is 3.95. The number of hydrogen-bond donors (Lipinski definition) is 2. The van der Waals surface area contributed by atoms with E-state index in [1.807, 2.05) is 26.0 Å². The second kappa shape index (κ2) is 6.67. The predicted molar refractivity (Wildman–Crippen MR) is 81.3 cm³/mol. The first kappa shape index (κ1) is 14.7. The molecule has 0 saturated heterocycles. The molecule has 2 aromatic rings. The molecule has 2 N–H and O–H groups in total. The summed E-state index contributed by atoms with van der Waals surface area (Å²) in [4.78, 5) is 21.1. The fraction of sp³-hybridized carbons (Fsp3) is 0.308. The Balaban J connectivity index is 1.92. The summed E-state index contributed by atoms with van der Waals surface area (Å²) in [6.07, 6.45) is 3.02. The molecule has 20 heavy (non-hydrogen) atoms. The molecule has 0 radical (unpaired) electrons. The van der Waals surface area contributed by atoms with Gasteiger partial charge in [0.05, 0.1) is 16.4 Å². The van der Waals surface area contributed by atoms with Gasteiger partial charge in [-0.3, -0.25) is 4.79 Å². The summed E-state index contributed by atoms with van der Waals surface area (Å²) in [5, 5.41) is 5.87. The standard InChI is InChI=1S/C13H15ClN4OS/c1-8(2)18-13-16-5-9(6-17-13)12(19)15-7-10-3-4-11(14)20-10/h3-6,8H,7H2,1-2H3,(H,15,19)(H,16,17,18). The maximum atomic E-state index is 11.9. The van der Waals surface area contributed by atoms with Gasteiger partial charge in [0, 0.05) is 23.3 Å². The SMILES string of the molecule is CC(C)Nc1ncc(C(=O)NCc2ccc(Cl)s2)cn1. The number of anilines is 1. The normalized spacial score (nSPS) is 10.6. The number of nitrogens with one attached hydrogen (secondary N) is 2. The summed E-state index contributed by atoms with van der Waals surface area (Å²) >= 11 is 7.27. The van der Waals surface area contributed by atoms with Crippen molar-refractivity contribution in [1.29, 1.82) is 0 Å². The fourth-order valence-corrected chi connectivity index (χ4v) is 2.52. The number of aromatic nitrogens is 2. The molecule has 0 bridgehead atoms.